The van der Waals surface area contributed by atoms with Crippen LogP contribution in [0.15, 0.2) is 34.2 Å². The minimum absolute atomic E-state index is 1.08. The summed E-state index contributed by atoms with van der Waals surface area (Å²) in [6.07, 6.45) is 1.83. The Balaban J connectivity index is 2.49. The van der Waals surface area contributed by atoms with Crippen LogP contribution in [0.2, 0.25) is 0 Å². The Morgan fingerprint density at radius 2 is 2.23 bits per heavy atom. The minimum atomic E-state index is 1.08. The lowest BCUT2D eigenvalue weighted by molar-refractivity contribution is 1.38. The Bertz CT molecular complexity index is 409. The van der Waals surface area contributed by atoms with Crippen LogP contribution in [0.4, 0.5) is 0 Å². The van der Waals surface area contributed by atoms with Crippen LogP contribution in [0.5, 0.6) is 0 Å². The zero-order chi connectivity index (χ0) is 9.26. The Kier molecular flexibility index (Phi) is 2.47. The largest absolute Gasteiger partial charge is 0.245 e. The van der Waals surface area contributed by atoms with Crippen molar-refractivity contribution in [2.45, 2.75) is 6.92 Å². The van der Waals surface area contributed by atoms with Gasteiger partial charge >= 0.3 is 0 Å². The average Bonchev–Trinajstić information content (AvgIpc) is 2.62. The monoisotopic (exact) mass is 253 g/mol. The molecule has 0 aliphatic heterocycles. The maximum atomic E-state index is 4.26. The van der Waals surface area contributed by atoms with E-state index in [0.717, 1.165) is 9.48 Å². The molecule has 66 valence electrons. The summed E-state index contributed by atoms with van der Waals surface area (Å²) >= 11 is 5.14. The van der Waals surface area contributed by atoms with Gasteiger partial charge in [0.15, 0.2) is 0 Å². The van der Waals surface area contributed by atoms with Crippen molar-refractivity contribution in [3.05, 3.63) is 39.8 Å². The topological polar surface area (TPSA) is 12.9 Å². The third-order valence-electron chi connectivity index (χ3n) is 1.84. The molecular formula is C10H8BrNS. The lowest BCUT2D eigenvalue weighted by Gasteiger charge is -2.00. The highest BCUT2D eigenvalue weighted by Gasteiger charge is 2.01. The molecule has 0 aliphatic carbocycles. The molecule has 0 radical (unpaired) electrons. The van der Waals surface area contributed by atoms with Gasteiger partial charge in [-0.3, -0.25) is 0 Å². The fourth-order valence-electron chi connectivity index (χ4n) is 1.14. The first-order valence-corrected chi connectivity index (χ1v) is 5.60. The van der Waals surface area contributed by atoms with Gasteiger partial charge in [-0.1, -0.05) is 22.0 Å². The highest BCUT2D eigenvalue weighted by molar-refractivity contribution is 9.10. The van der Waals surface area contributed by atoms with Crippen LogP contribution in [-0.4, -0.2) is 4.98 Å². The fraction of sp³-hybridized carbons (Fsp3) is 0.100. The summed E-state index contributed by atoms with van der Waals surface area (Å²) in [6.45, 7) is 2.08. The summed E-state index contributed by atoms with van der Waals surface area (Å²) in [5.74, 6) is 0. The van der Waals surface area contributed by atoms with Gasteiger partial charge in [0.2, 0.25) is 0 Å². The summed E-state index contributed by atoms with van der Waals surface area (Å²) < 4.78 is 1.15. The van der Waals surface area contributed by atoms with Crippen molar-refractivity contribution < 1.29 is 0 Å². The molecule has 2 aromatic rings. The second-order valence-corrected chi connectivity index (χ2v) is 4.55. The van der Waals surface area contributed by atoms with Crippen LogP contribution in [0.1, 0.15) is 5.56 Å². The quantitative estimate of drug-likeness (QED) is 0.752. The zero-order valence-corrected chi connectivity index (χ0v) is 9.52. The Morgan fingerprint density at radius 3 is 2.85 bits per heavy atom. The molecule has 1 aromatic carbocycles. The summed E-state index contributed by atoms with van der Waals surface area (Å²) in [5, 5.41) is 3.07. The molecule has 0 N–H and O–H groups in total. The van der Waals surface area contributed by atoms with E-state index in [1.807, 2.05) is 11.6 Å². The van der Waals surface area contributed by atoms with E-state index in [1.54, 1.807) is 11.3 Å². The number of hydrogen-bond donors (Lipinski definition) is 0. The van der Waals surface area contributed by atoms with Gasteiger partial charge < -0.3 is 0 Å². The van der Waals surface area contributed by atoms with E-state index in [4.69, 9.17) is 0 Å². The number of aryl methyl sites for hydroxylation is 1. The Labute approximate surface area is 89.6 Å². The van der Waals surface area contributed by atoms with Gasteiger partial charge in [0, 0.05) is 21.6 Å². The van der Waals surface area contributed by atoms with Gasteiger partial charge in [-0.15, -0.1) is 11.3 Å². The number of rotatable bonds is 1. The maximum absolute atomic E-state index is 4.26. The zero-order valence-electron chi connectivity index (χ0n) is 7.12. The normalized spacial score (nSPS) is 10.3. The summed E-state index contributed by atoms with van der Waals surface area (Å²) in [5.41, 5.74) is 2.43. The summed E-state index contributed by atoms with van der Waals surface area (Å²) in [7, 11) is 0. The molecule has 2 rings (SSSR count). The van der Waals surface area contributed by atoms with Gasteiger partial charge in [0.05, 0.1) is 0 Å². The van der Waals surface area contributed by atoms with Crippen LogP contribution >= 0.6 is 27.3 Å². The maximum Gasteiger partial charge on any atom is 0.123 e. The van der Waals surface area contributed by atoms with E-state index >= 15 is 0 Å². The molecule has 0 amide bonds. The molecule has 0 saturated heterocycles. The van der Waals surface area contributed by atoms with Gasteiger partial charge in [0.1, 0.15) is 5.01 Å². The first kappa shape index (κ1) is 8.91. The molecule has 0 atom stereocenters. The minimum Gasteiger partial charge on any atom is -0.245 e. The molecule has 1 nitrogen and oxygen atoms in total. The van der Waals surface area contributed by atoms with Crippen molar-refractivity contribution in [2.24, 2.45) is 0 Å². The van der Waals surface area contributed by atoms with Crippen molar-refractivity contribution in [3.8, 4) is 10.6 Å². The number of benzene rings is 1. The third-order valence-corrected chi connectivity index (χ3v) is 3.55. The van der Waals surface area contributed by atoms with Crippen LogP contribution in [-0.2, 0) is 0 Å². The van der Waals surface area contributed by atoms with Gasteiger partial charge in [0.25, 0.3) is 0 Å². The molecule has 3 heteroatoms. The predicted molar refractivity (Wildman–Crippen MR) is 60.0 cm³/mol. The van der Waals surface area contributed by atoms with E-state index in [-0.39, 0.29) is 0 Å². The predicted octanol–water partition coefficient (Wildman–Crippen LogP) is 3.88. The van der Waals surface area contributed by atoms with Crippen molar-refractivity contribution in [1.29, 1.82) is 0 Å². The van der Waals surface area contributed by atoms with Gasteiger partial charge in [-0.2, -0.15) is 0 Å². The number of halogens is 1. The molecule has 13 heavy (non-hydrogen) atoms. The number of aromatic nitrogens is 1. The SMILES string of the molecule is Cc1cc(-c2nccs2)ccc1Br. The molecule has 0 unspecified atom stereocenters. The van der Waals surface area contributed by atoms with Crippen molar-refractivity contribution in [1.82, 2.24) is 4.98 Å². The highest BCUT2D eigenvalue weighted by atomic mass is 79.9. The van der Waals surface area contributed by atoms with Crippen molar-refractivity contribution in [3.63, 3.8) is 0 Å². The van der Waals surface area contributed by atoms with Crippen LogP contribution in [0.25, 0.3) is 10.6 Å². The van der Waals surface area contributed by atoms with Crippen LogP contribution < -0.4 is 0 Å². The van der Waals surface area contributed by atoms with Gasteiger partial charge in [-0.05, 0) is 24.6 Å². The Hall–Kier alpha value is -0.670. The van der Waals surface area contributed by atoms with E-state index in [0.29, 0.717) is 0 Å². The first-order chi connectivity index (χ1) is 6.27. The average molecular weight is 254 g/mol. The number of thiazole rings is 1. The van der Waals surface area contributed by atoms with E-state index in [2.05, 4.69) is 46.0 Å². The molecule has 1 heterocycles. The Morgan fingerprint density at radius 1 is 1.38 bits per heavy atom. The smallest absolute Gasteiger partial charge is 0.123 e. The lowest BCUT2D eigenvalue weighted by atomic mass is 10.1. The van der Waals surface area contributed by atoms with Crippen LogP contribution in [0, 0.1) is 6.92 Å². The summed E-state index contributed by atoms with van der Waals surface area (Å²) in [6, 6.07) is 6.28. The van der Waals surface area contributed by atoms with Gasteiger partial charge in [-0.25, -0.2) is 4.98 Å². The fourth-order valence-corrected chi connectivity index (χ4v) is 2.03. The van der Waals surface area contributed by atoms with Crippen molar-refractivity contribution in [2.75, 3.05) is 0 Å². The molecule has 0 spiro atoms. The molecular weight excluding hydrogens is 246 g/mol. The van der Waals surface area contributed by atoms with E-state index in [1.165, 1.54) is 11.1 Å². The third kappa shape index (κ3) is 1.81. The van der Waals surface area contributed by atoms with Crippen molar-refractivity contribution >= 4 is 27.3 Å². The first-order valence-electron chi connectivity index (χ1n) is 3.93. The molecule has 1 aromatic heterocycles. The number of hydrogen-bond acceptors (Lipinski definition) is 2. The molecule has 0 saturated carbocycles. The summed E-state index contributed by atoms with van der Waals surface area (Å²) in [4.78, 5) is 4.26. The molecule has 0 aliphatic rings. The molecule has 0 bridgehead atoms. The van der Waals surface area contributed by atoms with Crippen LogP contribution in [0.3, 0.4) is 0 Å². The van der Waals surface area contributed by atoms with E-state index < -0.39 is 0 Å². The highest BCUT2D eigenvalue weighted by Crippen LogP contribution is 2.26. The standard InChI is InChI=1S/C10H8BrNS/c1-7-6-8(2-3-9(7)11)10-12-4-5-13-10/h2-6H,1H3. The second kappa shape index (κ2) is 3.60. The second-order valence-electron chi connectivity index (χ2n) is 2.80. The number of nitrogens with zero attached hydrogens (tertiary/aromatic N) is 1. The lowest BCUT2D eigenvalue weighted by Crippen LogP contribution is -1.79. The molecule has 0 fully saturated rings. The van der Waals surface area contributed by atoms with E-state index in [9.17, 15) is 0 Å².